The van der Waals surface area contributed by atoms with Crippen LogP contribution in [0.15, 0.2) is 0 Å². The highest BCUT2D eigenvalue weighted by Gasteiger charge is 2.46. The summed E-state index contributed by atoms with van der Waals surface area (Å²) in [6.07, 6.45) is 6.55. The standard InChI is InChI=1S/C17H35N3O/c1-6-7-8-11-20(14(4)5)15-9-10-17(12-15,16(18)21)19-13(2)3/h13-15,19H,6-12H2,1-5H3,(H2,18,21). The number of hydrogen-bond donors (Lipinski definition) is 2. The summed E-state index contributed by atoms with van der Waals surface area (Å²) in [6.45, 7) is 12.0. The second-order valence-electron chi connectivity index (χ2n) is 7.18. The van der Waals surface area contributed by atoms with Gasteiger partial charge >= 0.3 is 0 Å². The van der Waals surface area contributed by atoms with Gasteiger partial charge in [-0.25, -0.2) is 0 Å². The van der Waals surface area contributed by atoms with E-state index in [1.807, 2.05) is 0 Å². The molecule has 0 heterocycles. The maximum absolute atomic E-state index is 12.0. The molecule has 0 bridgehead atoms. The maximum atomic E-state index is 12.0. The van der Waals surface area contributed by atoms with Gasteiger partial charge in [0.15, 0.2) is 0 Å². The van der Waals surface area contributed by atoms with Gasteiger partial charge in [-0.1, -0.05) is 19.8 Å². The molecule has 1 fully saturated rings. The quantitative estimate of drug-likeness (QED) is 0.643. The Hall–Kier alpha value is -0.610. The van der Waals surface area contributed by atoms with Gasteiger partial charge in [-0.05, 0) is 59.9 Å². The molecule has 0 saturated heterocycles. The van der Waals surface area contributed by atoms with Gasteiger partial charge in [0.2, 0.25) is 5.91 Å². The first-order valence-corrected chi connectivity index (χ1v) is 8.65. The molecule has 1 aliphatic rings. The van der Waals surface area contributed by atoms with Crippen molar-refractivity contribution < 1.29 is 4.79 Å². The summed E-state index contributed by atoms with van der Waals surface area (Å²) in [5.74, 6) is -0.184. The van der Waals surface area contributed by atoms with Crippen molar-refractivity contribution in [1.29, 1.82) is 0 Å². The van der Waals surface area contributed by atoms with Crippen LogP contribution in [0.25, 0.3) is 0 Å². The van der Waals surface area contributed by atoms with E-state index in [1.165, 1.54) is 19.3 Å². The number of amides is 1. The van der Waals surface area contributed by atoms with E-state index in [1.54, 1.807) is 0 Å². The SMILES string of the molecule is CCCCCN(C(C)C)C1CCC(NC(C)C)(C(N)=O)C1. The van der Waals surface area contributed by atoms with Gasteiger partial charge in [-0.15, -0.1) is 0 Å². The van der Waals surface area contributed by atoms with Crippen LogP contribution in [0.1, 0.15) is 73.1 Å². The zero-order valence-corrected chi connectivity index (χ0v) is 14.6. The largest absolute Gasteiger partial charge is 0.368 e. The highest BCUT2D eigenvalue weighted by molar-refractivity contribution is 5.85. The molecule has 2 unspecified atom stereocenters. The molecule has 2 atom stereocenters. The summed E-state index contributed by atoms with van der Waals surface area (Å²) in [5, 5.41) is 3.44. The molecule has 1 saturated carbocycles. The summed E-state index contributed by atoms with van der Waals surface area (Å²) in [7, 11) is 0. The predicted octanol–water partition coefficient (Wildman–Crippen LogP) is 2.66. The van der Waals surface area contributed by atoms with E-state index in [2.05, 4.69) is 44.8 Å². The van der Waals surface area contributed by atoms with Gasteiger partial charge in [0.1, 0.15) is 0 Å². The molecule has 3 N–H and O–H groups in total. The van der Waals surface area contributed by atoms with Crippen molar-refractivity contribution in [3.05, 3.63) is 0 Å². The molecule has 4 heteroatoms. The molecule has 1 aliphatic carbocycles. The van der Waals surface area contributed by atoms with Crippen LogP contribution in [0.3, 0.4) is 0 Å². The average Bonchev–Trinajstić information content (AvgIpc) is 2.78. The minimum Gasteiger partial charge on any atom is -0.368 e. The Morgan fingerprint density at radius 2 is 2.00 bits per heavy atom. The van der Waals surface area contributed by atoms with E-state index in [9.17, 15) is 4.79 Å². The summed E-state index contributed by atoms with van der Waals surface area (Å²) < 4.78 is 0. The normalized spacial score (nSPS) is 26.2. The minimum atomic E-state index is -0.503. The van der Waals surface area contributed by atoms with E-state index in [4.69, 9.17) is 5.73 Å². The van der Waals surface area contributed by atoms with Gasteiger partial charge in [-0.3, -0.25) is 9.69 Å². The van der Waals surface area contributed by atoms with Crippen LogP contribution >= 0.6 is 0 Å². The van der Waals surface area contributed by atoms with Crippen molar-refractivity contribution in [3.8, 4) is 0 Å². The zero-order chi connectivity index (χ0) is 16.0. The lowest BCUT2D eigenvalue weighted by molar-refractivity contribution is -0.124. The molecular weight excluding hydrogens is 262 g/mol. The Kier molecular flexibility index (Phi) is 7.14. The second-order valence-corrected chi connectivity index (χ2v) is 7.18. The van der Waals surface area contributed by atoms with E-state index >= 15 is 0 Å². The van der Waals surface area contributed by atoms with Gasteiger partial charge in [0.05, 0.1) is 5.54 Å². The van der Waals surface area contributed by atoms with Crippen LogP contribution in [-0.2, 0) is 4.79 Å². The number of nitrogens with zero attached hydrogens (tertiary/aromatic N) is 1. The van der Waals surface area contributed by atoms with Gasteiger partial charge in [0.25, 0.3) is 0 Å². The summed E-state index contributed by atoms with van der Waals surface area (Å²) in [6, 6.07) is 1.28. The smallest absolute Gasteiger partial charge is 0.237 e. The fraction of sp³-hybridized carbons (Fsp3) is 0.941. The summed E-state index contributed by atoms with van der Waals surface area (Å²) in [4.78, 5) is 14.6. The molecular formula is C17H35N3O. The van der Waals surface area contributed by atoms with Crippen molar-refractivity contribution in [2.45, 2.75) is 96.8 Å². The number of nitrogens with one attached hydrogen (secondary N) is 1. The molecule has 0 aromatic carbocycles. The highest BCUT2D eigenvalue weighted by Crippen LogP contribution is 2.34. The fourth-order valence-electron chi connectivity index (χ4n) is 3.69. The molecule has 0 spiro atoms. The van der Waals surface area contributed by atoms with Crippen LogP contribution in [-0.4, -0.2) is 41.0 Å². The summed E-state index contributed by atoms with van der Waals surface area (Å²) >= 11 is 0. The Morgan fingerprint density at radius 3 is 2.48 bits per heavy atom. The average molecular weight is 297 g/mol. The third-order valence-corrected chi connectivity index (χ3v) is 4.68. The van der Waals surface area contributed by atoms with Crippen molar-refractivity contribution in [2.75, 3.05) is 6.54 Å². The van der Waals surface area contributed by atoms with Gasteiger partial charge in [-0.2, -0.15) is 0 Å². The lowest BCUT2D eigenvalue weighted by atomic mass is 9.95. The maximum Gasteiger partial charge on any atom is 0.237 e. The Morgan fingerprint density at radius 1 is 1.33 bits per heavy atom. The molecule has 4 nitrogen and oxygen atoms in total. The van der Waals surface area contributed by atoms with Crippen LogP contribution in [0.4, 0.5) is 0 Å². The monoisotopic (exact) mass is 297 g/mol. The Bertz CT molecular complexity index is 330. The molecule has 124 valence electrons. The van der Waals surface area contributed by atoms with Gasteiger partial charge < -0.3 is 11.1 Å². The van der Waals surface area contributed by atoms with Crippen molar-refractivity contribution >= 4 is 5.91 Å². The van der Waals surface area contributed by atoms with Crippen LogP contribution in [0.2, 0.25) is 0 Å². The van der Waals surface area contributed by atoms with Crippen LogP contribution in [0.5, 0.6) is 0 Å². The first-order valence-electron chi connectivity index (χ1n) is 8.65. The van der Waals surface area contributed by atoms with Crippen molar-refractivity contribution in [3.63, 3.8) is 0 Å². The van der Waals surface area contributed by atoms with Crippen molar-refractivity contribution in [1.82, 2.24) is 10.2 Å². The first-order chi connectivity index (χ1) is 9.82. The lowest BCUT2D eigenvalue weighted by Crippen LogP contribution is -2.57. The number of carbonyl (C=O) groups excluding carboxylic acids is 1. The van der Waals surface area contributed by atoms with Gasteiger partial charge in [0, 0.05) is 18.1 Å². The van der Waals surface area contributed by atoms with E-state index < -0.39 is 5.54 Å². The molecule has 0 aromatic heterocycles. The first kappa shape index (κ1) is 18.4. The third-order valence-electron chi connectivity index (χ3n) is 4.68. The number of rotatable bonds is 9. The van der Waals surface area contributed by atoms with E-state index in [0.717, 1.165) is 25.8 Å². The fourth-order valence-corrected chi connectivity index (χ4v) is 3.69. The zero-order valence-electron chi connectivity index (χ0n) is 14.6. The van der Waals surface area contributed by atoms with E-state index in [-0.39, 0.29) is 11.9 Å². The molecule has 0 radical (unpaired) electrons. The third kappa shape index (κ3) is 4.96. The van der Waals surface area contributed by atoms with Crippen molar-refractivity contribution in [2.24, 2.45) is 5.73 Å². The lowest BCUT2D eigenvalue weighted by Gasteiger charge is -2.35. The predicted molar refractivity (Wildman–Crippen MR) is 89.2 cm³/mol. The molecule has 1 rings (SSSR count). The summed E-state index contributed by atoms with van der Waals surface area (Å²) in [5.41, 5.74) is 5.22. The Balaban J connectivity index is 2.73. The Labute approximate surface area is 130 Å². The van der Waals surface area contributed by atoms with Crippen LogP contribution in [0, 0.1) is 0 Å². The number of carbonyl (C=O) groups is 1. The molecule has 21 heavy (non-hydrogen) atoms. The molecule has 1 amide bonds. The second kappa shape index (κ2) is 8.14. The number of primary amides is 1. The topological polar surface area (TPSA) is 58.4 Å². The number of hydrogen-bond acceptors (Lipinski definition) is 3. The van der Waals surface area contributed by atoms with E-state index in [0.29, 0.717) is 12.1 Å². The number of nitrogens with two attached hydrogens (primary N) is 1. The van der Waals surface area contributed by atoms with Crippen LogP contribution < -0.4 is 11.1 Å². The molecule has 0 aromatic rings. The molecule has 0 aliphatic heterocycles. The highest BCUT2D eigenvalue weighted by atomic mass is 16.1. The number of unbranched alkanes of at least 4 members (excludes halogenated alkanes) is 2. The minimum absolute atomic E-state index is 0.184.